The van der Waals surface area contributed by atoms with E-state index in [4.69, 9.17) is 10.5 Å². The Kier molecular flexibility index (Phi) is 1.99. The van der Waals surface area contributed by atoms with Crippen LogP contribution in [0.3, 0.4) is 0 Å². The molecule has 0 bridgehead atoms. The summed E-state index contributed by atoms with van der Waals surface area (Å²) in [6.45, 7) is 0. The highest BCUT2D eigenvalue weighted by atomic mass is 16.5. The molecule has 1 aromatic carbocycles. The lowest BCUT2D eigenvalue weighted by molar-refractivity contribution is 0.415. The summed E-state index contributed by atoms with van der Waals surface area (Å²) in [5.74, 6) is 0.831. The zero-order chi connectivity index (χ0) is 11.1. The number of anilines is 1. The Labute approximate surface area is 94.2 Å². The Morgan fingerprint density at radius 1 is 1.31 bits per heavy atom. The average Bonchev–Trinajstić information content (AvgIpc) is 2.77. The summed E-state index contributed by atoms with van der Waals surface area (Å²) in [6, 6.07) is 5.88. The summed E-state index contributed by atoms with van der Waals surface area (Å²) in [5, 5.41) is 1.04. The topological polar surface area (TPSA) is 48.1 Å². The summed E-state index contributed by atoms with van der Waals surface area (Å²) in [5.41, 5.74) is 10.4. The van der Waals surface area contributed by atoms with E-state index in [1.54, 1.807) is 7.11 Å². The van der Waals surface area contributed by atoms with Crippen LogP contribution in [-0.2, 0) is 12.8 Å². The summed E-state index contributed by atoms with van der Waals surface area (Å²) < 4.78 is 5.20. The number of benzene rings is 1. The van der Waals surface area contributed by atoms with Crippen LogP contribution in [0.5, 0.6) is 5.75 Å². The first kappa shape index (κ1) is 9.46. The third-order valence-electron chi connectivity index (χ3n) is 3.26. The van der Waals surface area contributed by atoms with Crippen LogP contribution >= 0.6 is 0 Å². The van der Waals surface area contributed by atoms with Crippen LogP contribution < -0.4 is 10.5 Å². The first-order valence-corrected chi connectivity index (χ1v) is 5.54. The Morgan fingerprint density at radius 2 is 2.19 bits per heavy atom. The normalized spacial score (nSPS) is 14.1. The van der Waals surface area contributed by atoms with Crippen molar-refractivity contribution in [3.8, 4) is 5.75 Å². The number of nitrogens with zero attached hydrogens (tertiary/aromatic N) is 1. The van der Waals surface area contributed by atoms with E-state index < -0.39 is 0 Å². The van der Waals surface area contributed by atoms with Gasteiger partial charge in [-0.25, -0.2) is 0 Å². The van der Waals surface area contributed by atoms with Gasteiger partial charge in [-0.2, -0.15) is 0 Å². The van der Waals surface area contributed by atoms with E-state index in [1.807, 2.05) is 18.2 Å². The molecule has 0 spiro atoms. The maximum Gasteiger partial charge on any atom is 0.121 e. The van der Waals surface area contributed by atoms with Gasteiger partial charge in [-0.15, -0.1) is 0 Å². The summed E-state index contributed by atoms with van der Waals surface area (Å²) in [7, 11) is 1.66. The molecule has 0 fully saturated rings. The summed E-state index contributed by atoms with van der Waals surface area (Å²) in [6.07, 6.45) is 3.28. The van der Waals surface area contributed by atoms with Gasteiger partial charge in [0.05, 0.1) is 12.6 Å². The van der Waals surface area contributed by atoms with E-state index in [-0.39, 0.29) is 0 Å². The quantitative estimate of drug-likeness (QED) is 0.792. The molecule has 1 aliphatic rings. The molecule has 3 rings (SSSR count). The molecule has 0 saturated carbocycles. The van der Waals surface area contributed by atoms with E-state index in [0.29, 0.717) is 0 Å². The summed E-state index contributed by atoms with van der Waals surface area (Å²) >= 11 is 0. The van der Waals surface area contributed by atoms with Crippen molar-refractivity contribution in [2.24, 2.45) is 0 Å². The van der Waals surface area contributed by atoms with Crippen LogP contribution in [-0.4, -0.2) is 12.1 Å². The van der Waals surface area contributed by atoms with Gasteiger partial charge in [-0.3, -0.25) is 4.98 Å². The van der Waals surface area contributed by atoms with Gasteiger partial charge in [0.15, 0.2) is 0 Å². The molecule has 3 nitrogen and oxygen atoms in total. The van der Waals surface area contributed by atoms with Crippen molar-refractivity contribution in [1.82, 2.24) is 4.98 Å². The van der Waals surface area contributed by atoms with Crippen LogP contribution in [0.4, 0.5) is 5.69 Å². The predicted molar refractivity (Wildman–Crippen MR) is 64.7 cm³/mol. The number of methoxy groups -OCH3 is 1. The third kappa shape index (κ3) is 1.24. The molecule has 1 aliphatic carbocycles. The van der Waals surface area contributed by atoms with Crippen LogP contribution in [0.15, 0.2) is 18.2 Å². The zero-order valence-electron chi connectivity index (χ0n) is 9.29. The number of aromatic nitrogens is 1. The molecule has 0 saturated heterocycles. The van der Waals surface area contributed by atoms with E-state index >= 15 is 0 Å². The van der Waals surface area contributed by atoms with Crippen LogP contribution in [0.2, 0.25) is 0 Å². The molecule has 82 valence electrons. The minimum atomic E-state index is 0.831. The fourth-order valence-corrected chi connectivity index (χ4v) is 2.41. The minimum Gasteiger partial charge on any atom is -0.497 e. The summed E-state index contributed by atoms with van der Waals surface area (Å²) in [4.78, 5) is 4.67. The van der Waals surface area contributed by atoms with Gasteiger partial charge in [0.1, 0.15) is 5.75 Å². The molecule has 1 aromatic heterocycles. The van der Waals surface area contributed by atoms with E-state index in [2.05, 4.69) is 4.98 Å². The molecule has 2 N–H and O–H groups in total. The molecule has 0 radical (unpaired) electrons. The average molecular weight is 214 g/mol. The smallest absolute Gasteiger partial charge is 0.121 e. The number of pyridine rings is 1. The second-order valence-electron chi connectivity index (χ2n) is 4.19. The fraction of sp³-hybridized carbons (Fsp3) is 0.308. The highest BCUT2D eigenvalue weighted by molar-refractivity contribution is 5.93. The number of fused-ring (bicyclic) bond motifs is 2. The van der Waals surface area contributed by atoms with E-state index in [9.17, 15) is 0 Å². The third-order valence-corrected chi connectivity index (χ3v) is 3.26. The van der Waals surface area contributed by atoms with Crippen molar-refractivity contribution < 1.29 is 4.74 Å². The molecule has 0 amide bonds. The largest absolute Gasteiger partial charge is 0.497 e. The standard InChI is InChI=1S/C13H14N2O/c1-16-8-5-6-10-12(7-8)15-11-4-2-3-9(11)13(10)14/h5-7H,2-4H2,1H3,(H2,14,15). The lowest BCUT2D eigenvalue weighted by Crippen LogP contribution is -1.98. The molecule has 0 atom stereocenters. The second-order valence-corrected chi connectivity index (χ2v) is 4.19. The molecule has 16 heavy (non-hydrogen) atoms. The Bertz CT molecular complexity index is 563. The Morgan fingerprint density at radius 3 is 3.00 bits per heavy atom. The molecule has 2 aromatic rings. The highest BCUT2D eigenvalue weighted by Crippen LogP contribution is 2.33. The van der Waals surface area contributed by atoms with Gasteiger partial charge < -0.3 is 10.5 Å². The first-order chi connectivity index (χ1) is 7.79. The number of nitrogens with two attached hydrogens (primary N) is 1. The van der Waals surface area contributed by atoms with Crippen LogP contribution in [0, 0.1) is 0 Å². The van der Waals surface area contributed by atoms with Crippen LogP contribution in [0.25, 0.3) is 10.9 Å². The number of hydrogen-bond donors (Lipinski definition) is 1. The number of hydrogen-bond acceptors (Lipinski definition) is 3. The molecular weight excluding hydrogens is 200 g/mol. The monoisotopic (exact) mass is 214 g/mol. The highest BCUT2D eigenvalue weighted by Gasteiger charge is 2.17. The van der Waals surface area contributed by atoms with E-state index in [0.717, 1.165) is 35.2 Å². The molecule has 0 unspecified atom stereocenters. The van der Waals surface area contributed by atoms with Gasteiger partial charge >= 0.3 is 0 Å². The van der Waals surface area contributed by atoms with Gasteiger partial charge in [0, 0.05) is 22.8 Å². The molecule has 0 aliphatic heterocycles. The first-order valence-electron chi connectivity index (χ1n) is 5.54. The van der Waals surface area contributed by atoms with Gasteiger partial charge in [0.2, 0.25) is 0 Å². The second kappa shape index (κ2) is 3.37. The van der Waals surface area contributed by atoms with E-state index in [1.165, 1.54) is 17.7 Å². The van der Waals surface area contributed by atoms with Crippen molar-refractivity contribution in [3.63, 3.8) is 0 Å². The maximum atomic E-state index is 6.18. The SMILES string of the molecule is COc1ccc2c(N)c3c(nc2c1)CCC3. The number of rotatable bonds is 1. The van der Waals surface area contributed by atoms with Crippen molar-refractivity contribution in [2.45, 2.75) is 19.3 Å². The zero-order valence-corrected chi connectivity index (χ0v) is 9.29. The van der Waals surface area contributed by atoms with Crippen molar-refractivity contribution in [1.29, 1.82) is 0 Å². The maximum absolute atomic E-state index is 6.18. The Hall–Kier alpha value is -1.77. The number of aryl methyl sites for hydroxylation is 1. The molecule has 3 heteroatoms. The van der Waals surface area contributed by atoms with Crippen molar-refractivity contribution in [3.05, 3.63) is 29.5 Å². The Balaban J connectivity index is 2.32. The molecular formula is C13H14N2O. The van der Waals surface area contributed by atoms with Gasteiger partial charge in [-0.05, 0) is 37.0 Å². The molecule has 1 heterocycles. The van der Waals surface area contributed by atoms with Gasteiger partial charge in [0.25, 0.3) is 0 Å². The lowest BCUT2D eigenvalue weighted by Gasteiger charge is -2.09. The number of ether oxygens (including phenoxy) is 1. The van der Waals surface area contributed by atoms with Crippen molar-refractivity contribution >= 4 is 16.6 Å². The van der Waals surface area contributed by atoms with Crippen LogP contribution in [0.1, 0.15) is 17.7 Å². The number of nitrogen functional groups attached to an aromatic ring is 1. The fourth-order valence-electron chi connectivity index (χ4n) is 2.41. The lowest BCUT2D eigenvalue weighted by atomic mass is 10.1. The van der Waals surface area contributed by atoms with Gasteiger partial charge in [-0.1, -0.05) is 0 Å². The van der Waals surface area contributed by atoms with Crippen molar-refractivity contribution in [2.75, 3.05) is 12.8 Å². The minimum absolute atomic E-state index is 0.831. The predicted octanol–water partition coefficient (Wildman–Crippen LogP) is 2.31.